The van der Waals surface area contributed by atoms with Gasteiger partial charge >= 0.3 is 6.61 Å². The van der Waals surface area contributed by atoms with Crippen LogP contribution in [0.1, 0.15) is 30.4 Å². The quantitative estimate of drug-likeness (QED) is 0.210. The molecule has 0 radical (unpaired) electrons. The Hall–Kier alpha value is -1.20. The fraction of sp³-hybridized carbons (Fsp3) is 0.650. The lowest BCUT2D eigenvalue weighted by molar-refractivity contribution is -0.0504. The minimum atomic E-state index is -2.85. The second-order valence-corrected chi connectivity index (χ2v) is 6.83. The molecule has 1 saturated heterocycles. The topological polar surface area (TPSA) is 64.1 Å². The van der Waals surface area contributed by atoms with Crippen molar-refractivity contribution < 1.29 is 23.0 Å². The van der Waals surface area contributed by atoms with Crippen LogP contribution in [0.5, 0.6) is 5.75 Å². The van der Waals surface area contributed by atoms with Gasteiger partial charge in [0, 0.05) is 52.1 Å². The van der Waals surface area contributed by atoms with Crippen LogP contribution in [-0.2, 0) is 16.0 Å². The van der Waals surface area contributed by atoms with Gasteiger partial charge in [-0.1, -0.05) is 17.7 Å². The monoisotopic (exact) mass is 527 g/mol. The molecule has 0 bridgehead atoms. The first-order valence-electron chi connectivity index (χ1n) is 9.73. The first-order valence-corrected chi connectivity index (χ1v) is 9.73. The number of aryl methyl sites for hydroxylation is 1. The Morgan fingerprint density at radius 3 is 2.72 bits per heavy atom. The maximum Gasteiger partial charge on any atom is 0.387 e. The van der Waals surface area contributed by atoms with E-state index in [1.54, 1.807) is 19.2 Å². The summed E-state index contributed by atoms with van der Waals surface area (Å²) in [4.78, 5) is 4.16. The van der Waals surface area contributed by atoms with Gasteiger partial charge in [0.05, 0.1) is 0 Å². The van der Waals surface area contributed by atoms with E-state index in [2.05, 4.69) is 20.4 Å². The van der Waals surface area contributed by atoms with Crippen molar-refractivity contribution in [1.82, 2.24) is 10.6 Å². The molecule has 0 unspecified atom stereocenters. The molecular weight excluding hydrogens is 495 g/mol. The summed E-state index contributed by atoms with van der Waals surface area (Å²) in [5.41, 5.74) is 1.63. The van der Waals surface area contributed by atoms with Crippen LogP contribution in [0.15, 0.2) is 23.2 Å². The molecule has 1 aromatic rings. The smallest absolute Gasteiger partial charge is 0.387 e. The number of nitrogens with zero attached hydrogens (tertiary/aromatic N) is 1. The fourth-order valence-electron chi connectivity index (χ4n) is 3.00. The van der Waals surface area contributed by atoms with E-state index in [4.69, 9.17) is 9.47 Å². The van der Waals surface area contributed by atoms with E-state index >= 15 is 0 Å². The van der Waals surface area contributed by atoms with Gasteiger partial charge in [0.15, 0.2) is 5.96 Å². The van der Waals surface area contributed by atoms with Crippen LogP contribution in [0.4, 0.5) is 8.78 Å². The lowest BCUT2D eigenvalue weighted by Crippen LogP contribution is -2.37. The molecule has 1 fully saturated rings. The number of alkyl halides is 2. The minimum Gasteiger partial charge on any atom is -0.434 e. The fourth-order valence-corrected chi connectivity index (χ4v) is 3.00. The van der Waals surface area contributed by atoms with Gasteiger partial charge in [0.25, 0.3) is 0 Å². The van der Waals surface area contributed by atoms with Gasteiger partial charge in [-0.2, -0.15) is 8.78 Å². The number of benzene rings is 1. The summed E-state index contributed by atoms with van der Waals surface area (Å²) in [6.07, 6.45) is 3.00. The molecule has 6 nitrogen and oxygen atoms in total. The maximum absolute atomic E-state index is 12.6. The number of nitrogens with one attached hydrogen (secondary N) is 2. The SMILES string of the molecule is CN=C(NCCCOCC1CCOCC1)NCc1cc(C)ccc1OC(F)F.I. The van der Waals surface area contributed by atoms with Gasteiger partial charge in [-0.05, 0) is 38.2 Å². The first-order chi connectivity index (χ1) is 13.6. The van der Waals surface area contributed by atoms with E-state index in [1.165, 1.54) is 0 Å². The number of rotatable bonds is 10. The molecule has 166 valence electrons. The summed E-state index contributed by atoms with van der Waals surface area (Å²) in [6, 6.07) is 5.13. The minimum absolute atomic E-state index is 0. The molecule has 1 aliphatic rings. The van der Waals surface area contributed by atoms with Crippen LogP contribution in [0.2, 0.25) is 0 Å². The Morgan fingerprint density at radius 2 is 2.03 bits per heavy atom. The molecule has 0 atom stereocenters. The summed E-state index contributed by atoms with van der Waals surface area (Å²) in [5, 5.41) is 6.33. The molecule has 0 aliphatic carbocycles. The van der Waals surface area contributed by atoms with Crippen LogP contribution in [0, 0.1) is 12.8 Å². The maximum atomic E-state index is 12.6. The van der Waals surface area contributed by atoms with Crippen LogP contribution >= 0.6 is 24.0 Å². The molecule has 1 aromatic carbocycles. The predicted octanol–water partition coefficient (Wildman–Crippen LogP) is 3.71. The summed E-state index contributed by atoms with van der Waals surface area (Å²) < 4.78 is 40.8. The van der Waals surface area contributed by atoms with Crippen LogP contribution < -0.4 is 15.4 Å². The van der Waals surface area contributed by atoms with Crippen LogP contribution in [0.3, 0.4) is 0 Å². The zero-order chi connectivity index (χ0) is 20.2. The van der Waals surface area contributed by atoms with Crippen molar-refractivity contribution in [3.8, 4) is 5.75 Å². The highest BCUT2D eigenvalue weighted by Gasteiger charge is 2.13. The van der Waals surface area contributed by atoms with Crippen molar-refractivity contribution in [3.05, 3.63) is 29.3 Å². The number of halogens is 3. The predicted molar refractivity (Wildman–Crippen MR) is 120 cm³/mol. The van der Waals surface area contributed by atoms with Crippen LogP contribution in [0.25, 0.3) is 0 Å². The number of hydrogen-bond acceptors (Lipinski definition) is 4. The standard InChI is InChI=1S/C20H31F2N3O3.HI/c1-15-4-5-18(28-19(21)22)17(12-15)13-25-20(23-2)24-8-3-9-27-14-16-6-10-26-11-7-16;/h4-5,12,16,19H,3,6-11,13-14H2,1-2H3,(H2,23,24,25);1H. The zero-order valence-electron chi connectivity index (χ0n) is 17.1. The van der Waals surface area contributed by atoms with E-state index in [-0.39, 0.29) is 29.7 Å². The van der Waals surface area contributed by atoms with E-state index in [0.29, 0.717) is 37.1 Å². The van der Waals surface area contributed by atoms with Crippen LogP contribution in [-0.4, -0.2) is 52.6 Å². The molecule has 29 heavy (non-hydrogen) atoms. The Kier molecular flexibility index (Phi) is 13.1. The van der Waals surface area contributed by atoms with E-state index in [0.717, 1.165) is 44.6 Å². The highest BCUT2D eigenvalue weighted by Crippen LogP contribution is 2.22. The van der Waals surface area contributed by atoms with Crippen molar-refractivity contribution in [2.45, 2.75) is 39.3 Å². The summed E-state index contributed by atoms with van der Waals surface area (Å²) in [5.74, 6) is 1.38. The Bertz CT molecular complexity index is 615. The van der Waals surface area contributed by atoms with E-state index < -0.39 is 6.61 Å². The second-order valence-electron chi connectivity index (χ2n) is 6.83. The van der Waals surface area contributed by atoms with Crippen molar-refractivity contribution in [2.75, 3.05) is 40.0 Å². The van der Waals surface area contributed by atoms with Crippen molar-refractivity contribution >= 4 is 29.9 Å². The Balaban J connectivity index is 0.00000420. The molecule has 9 heteroatoms. The average molecular weight is 527 g/mol. The number of guanidine groups is 1. The second kappa shape index (κ2) is 14.7. The van der Waals surface area contributed by atoms with Gasteiger partial charge in [0.2, 0.25) is 0 Å². The zero-order valence-corrected chi connectivity index (χ0v) is 19.4. The highest BCUT2D eigenvalue weighted by molar-refractivity contribution is 14.0. The Labute approximate surface area is 188 Å². The Morgan fingerprint density at radius 1 is 1.28 bits per heavy atom. The lowest BCUT2D eigenvalue weighted by Gasteiger charge is -2.21. The molecule has 2 N–H and O–H groups in total. The molecule has 2 rings (SSSR count). The highest BCUT2D eigenvalue weighted by atomic mass is 127. The number of ether oxygens (including phenoxy) is 3. The van der Waals surface area contributed by atoms with Gasteiger partial charge < -0.3 is 24.8 Å². The third-order valence-corrected chi connectivity index (χ3v) is 4.55. The molecule has 0 aromatic heterocycles. The molecule has 1 aliphatic heterocycles. The number of aliphatic imine (C=N–C) groups is 1. The normalized spacial score (nSPS) is 15.1. The van der Waals surface area contributed by atoms with Crippen molar-refractivity contribution in [2.24, 2.45) is 10.9 Å². The van der Waals surface area contributed by atoms with Gasteiger partial charge in [0.1, 0.15) is 5.75 Å². The van der Waals surface area contributed by atoms with Gasteiger partial charge in [-0.25, -0.2) is 0 Å². The third kappa shape index (κ3) is 10.4. The van der Waals surface area contributed by atoms with Crippen molar-refractivity contribution in [1.29, 1.82) is 0 Å². The van der Waals surface area contributed by atoms with Gasteiger partial charge in [-0.15, -0.1) is 24.0 Å². The lowest BCUT2D eigenvalue weighted by atomic mass is 10.0. The summed E-state index contributed by atoms with van der Waals surface area (Å²) in [7, 11) is 1.67. The van der Waals surface area contributed by atoms with E-state index in [1.807, 2.05) is 13.0 Å². The number of hydrogen-bond donors (Lipinski definition) is 2. The molecule has 0 amide bonds. The largest absolute Gasteiger partial charge is 0.434 e. The molecule has 1 heterocycles. The molecule has 0 spiro atoms. The van der Waals surface area contributed by atoms with Crippen molar-refractivity contribution in [3.63, 3.8) is 0 Å². The van der Waals surface area contributed by atoms with Gasteiger partial charge in [-0.3, -0.25) is 4.99 Å². The third-order valence-electron chi connectivity index (χ3n) is 4.55. The van der Waals surface area contributed by atoms with E-state index in [9.17, 15) is 8.78 Å². The molecular formula is C20H32F2IN3O3. The molecule has 0 saturated carbocycles. The summed E-state index contributed by atoms with van der Waals surface area (Å²) in [6.45, 7) is 3.25. The summed E-state index contributed by atoms with van der Waals surface area (Å²) >= 11 is 0. The average Bonchev–Trinajstić information content (AvgIpc) is 2.69. The first kappa shape index (κ1) is 25.8.